The molecule has 1 aromatic heterocycles. The van der Waals surface area contributed by atoms with E-state index in [0.29, 0.717) is 10.2 Å². The van der Waals surface area contributed by atoms with Crippen LogP contribution in [0.25, 0.3) is 0 Å². The van der Waals surface area contributed by atoms with E-state index in [-0.39, 0.29) is 11.9 Å². The molecule has 3 nitrogen and oxygen atoms in total. The van der Waals surface area contributed by atoms with Gasteiger partial charge in [0.1, 0.15) is 0 Å². The number of hydrogen-bond acceptors (Lipinski definition) is 3. The van der Waals surface area contributed by atoms with E-state index in [1.54, 1.807) is 0 Å². The fourth-order valence-corrected chi connectivity index (χ4v) is 0.956. The summed E-state index contributed by atoms with van der Waals surface area (Å²) in [6.07, 6.45) is 1.50. The molecule has 1 heterocycles. The normalized spacial score (nSPS) is 9.90. The lowest BCUT2D eigenvalue weighted by molar-refractivity contribution is 0.275. The highest BCUT2D eigenvalue weighted by molar-refractivity contribution is 9.10. The van der Waals surface area contributed by atoms with Crippen molar-refractivity contribution >= 4 is 27.5 Å². The van der Waals surface area contributed by atoms with E-state index in [9.17, 15) is 0 Å². The summed E-state index contributed by atoms with van der Waals surface area (Å²) in [4.78, 5) is 7.43. The molecule has 5 heteroatoms. The molecule has 0 saturated heterocycles. The van der Waals surface area contributed by atoms with Crippen molar-refractivity contribution in [3.05, 3.63) is 21.6 Å². The molecule has 1 aromatic rings. The van der Waals surface area contributed by atoms with Gasteiger partial charge in [-0.3, -0.25) is 0 Å². The van der Waals surface area contributed by atoms with Gasteiger partial charge in [0.25, 0.3) is 0 Å². The van der Waals surface area contributed by atoms with Crippen molar-refractivity contribution in [2.24, 2.45) is 0 Å². The third kappa shape index (κ3) is 1.65. The van der Waals surface area contributed by atoms with Crippen LogP contribution < -0.4 is 0 Å². The van der Waals surface area contributed by atoms with Gasteiger partial charge in [-0.1, -0.05) is 0 Å². The predicted octanol–water partition coefficient (Wildman–Crippen LogP) is 1.38. The zero-order valence-electron chi connectivity index (χ0n) is 4.88. The second-order valence-corrected chi connectivity index (χ2v) is 2.78. The van der Waals surface area contributed by atoms with E-state index in [2.05, 4.69) is 25.9 Å². The number of rotatable bonds is 1. The molecule has 0 atom stereocenters. The van der Waals surface area contributed by atoms with Crippen LogP contribution in [0.4, 0.5) is 0 Å². The van der Waals surface area contributed by atoms with Crippen molar-refractivity contribution in [1.29, 1.82) is 0 Å². The predicted molar refractivity (Wildman–Crippen MR) is 40.7 cm³/mol. The highest BCUT2D eigenvalue weighted by Crippen LogP contribution is 2.14. The quantitative estimate of drug-likeness (QED) is 0.732. The van der Waals surface area contributed by atoms with Crippen molar-refractivity contribution in [2.45, 2.75) is 6.61 Å². The lowest BCUT2D eigenvalue weighted by Crippen LogP contribution is -1.92. The highest BCUT2D eigenvalue weighted by atomic mass is 79.9. The van der Waals surface area contributed by atoms with Crippen molar-refractivity contribution in [3.63, 3.8) is 0 Å². The van der Waals surface area contributed by atoms with Crippen LogP contribution in [-0.4, -0.2) is 15.1 Å². The van der Waals surface area contributed by atoms with E-state index in [1.807, 2.05) is 0 Å². The average molecular weight is 223 g/mol. The lowest BCUT2D eigenvalue weighted by atomic mass is 10.4. The van der Waals surface area contributed by atoms with Gasteiger partial charge >= 0.3 is 0 Å². The number of aliphatic hydroxyl groups excluding tert-OH is 1. The van der Waals surface area contributed by atoms with Crippen LogP contribution in [0.3, 0.4) is 0 Å². The molecule has 54 valence electrons. The minimum Gasteiger partial charge on any atom is -0.390 e. The summed E-state index contributed by atoms with van der Waals surface area (Å²) in [5.74, 6) is 0. The number of aromatic nitrogens is 2. The second kappa shape index (κ2) is 3.27. The van der Waals surface area contributed by atoms with Crippen molar-refractivity contribution in [2.75, 3.05) is 0 Å². The number of nitrogens with zero attached hydrogens (tertiary/aromatic N) is 2. The third-order valence-electron chi connectivity index (χ3n) is 0.937. The minimum atomic E-state index is -0.136. The molecule has 10 heavy (non-hydrogen) atoms. The van der Waals surface area contributed by atoms with Gasteiger partial charge in [0.2, 0.25) is 5.28 Å². The Morgan fingerprint density at radius 2 is 2.40 bits per heavy atom. The maximum atomic E-state index is 8.66. The van der Waals surface area contributed by atoms with E-state index in [4.69, 9.17) is 16.7 Å². The van der Waals surface area contributed by atoms with Crippen LogP contribution in [0.2, 0.25) is 5.28 Å². The topological polar surface area (TPSA) is 46.0 Å². The summed E-state index contributed by atoms with van der Waals surface area (Å²) < 4.78 is 0.666. The van der Waals surface area contributed by atoms with Gasteiger partial charge < -0.3 is 5.11 Å². The molecule has 1 N–H and O–H groups in total. The van der Waals surface area contributed by atoms with Gasteiger partial charge in [-0.2, -0.15) is 0 Å². The number of aliphatic hydroxyl groups is 1. The Hall–Kier alpha value is -0.190. The minimum absolute atomic E-state index is 0.136. The molecule has 0 aliphatic carbocycles. The Labute approximate surface area is 71.2 Å². The SMILES string of the molecule is OCc1nc(Cl)ncc1Br. The van der Waals surface area contributed by atoms with Gasteiger partial charge in [-0.15, -0.1) is 0 Å². The van der Waals surface area contributed by atoms with Crippen molar-refractivity contribution in [3.8, 4) is 0 Å². The Morgan fingerprint density at radius 3 is 2.90 bits per heavy atom. The van der Waals surface area contributed by atoms with E-state index in [0.717, 1.165) is 0 Å². The average Bonchev–Trinajstić information content (AvgIpc) is 1.94. The summed E-state index contributed by atoms with van der Waals surface area (Å²) in [5.41, 5.74) is 0.500. The molecule has 0 bridgehead atoms. The van der Waals surface area contributed by atoms with Crippen LogP contribution in [0.1, 0.15) is 5.69 Å². The fourth-order valence-electron chi connectivity index (χ4n) is 0.489. The molecule has 0 aromatic carbocycles. The van der Waals surface area contributed by atoms with Crippen LogP contribution >= 0.6 is 27.5 Å². The van der Waals surface area contributed by atoms with Gasteiger partial charge in [-0.05, 0) is 27.5 Å². The number of hydrogen-bond donors (Lipinski definition) is 1. The summed E-state index contributed by atoms with van der Waals surface area (Å²) >= 11 is 8.59. The van der Waals surface area contributed by atoms with Gasteiger partial charge in [0.05, 0.1) is 16.8 Å². The smallest absolute Gasteiger partial charge is 0.222 e. The molecule has 0 spiro atoms. The number of halogens is 2. The zero-order valence-corrected chi connectivity index (χ0v) is 7.22. The van der Waals surface area contributed by atoms with Crippen molar-refractivity contribution in [1.82, 2.24) is 9.97 Å². The zero-order chi connectivity index (χ0) is 7.56. The lowest BCUT2D eigenvalue weighted by Gasteiger charge is -1.96. The first kappa shape index (κ1) is 7.91. The van der Waals surface area contributed by atoms with Gasteiger partial charge in [0.15, 0.2) is 0 Å². The molecule has 0 amide bonds. The summed E-state index contributed by atoms with van der Waals surface area (Å²) in [7, 11) is 0. The molecule has 1 rings (SSSR count). The maximum absolute atomic E-state index is 8.66. The van der Waals surface area contributed by atoms with Crippen molar-refractivity contribution < 1.29 is 5.11 Å². The first-order valence-electron chi connectivity index (χ1n) is 2.52. The monoisotopic (exact) mass is 222 g/mol. The summed E-state index contributed by atoms with van der Waals surface area (Å²) in [5, 5.41) is 8.81. The fraction of sp³-hybridized carbons (Fsp3) is 0.200. The molecule has 0 aliphatic rings. The standard InChI is InChI=1S/C5H4BrClN2O/c6-3-1-8-5(7)9-4(3)2-10/h1,10H,2H2. The summed E-state index contributed by atoms with van der Waals surface area (Å²) in [6, 6.07) is 0. The van der Waals surface area contributed by atoms with E-state index < -0.39 is 0 Å². The molecular formula is C5H4BrClN2O. The molecule has 0 aliphatic heterocycles. The Balaban J connectivity index is 3.09. The molecule has 0 fully saturated rings. The van der Waals surface area contributed by atoms with E-state index >= 15 is 0 Å². The Morgan fingerprint density at radius 1 is 1.70 bits per heavy atom. The van der Waals surface area contributed by atoms with Crippen LogP contribution in [0, 0.1) is 0 Å². The van der Waals surface area contributed by atoms with Crippen LogP contribution in [-0.2, 0) is 6.61 Å². The Kier molecular flexibility index (Phi) is 2.59. The van der Waals surface area contributed by atoms with Gasteiger partial charge in [0, 0.05) is 6.20 Å². The molecular weight excluding hydrogens is 219 g/mol. The largest absolute Gasteiger partial charge is 0.390 e. The maximum Gasteiger partial charge on any atom is 0.222 e. The first-order valence-corrected chi connectivity index (χ1v) is 3.69. The molecule has 0 unspecified atom stereocenters. The summed E-state index contributed by atoms with van der Waals surface area (Å²) in [6.45, 7) is -0.136. The van der Waals surface area contributed by atoms with Crippen LogP contribution in [0.5, 0.6) is 0 Å². The second-order valence-electron chi connectivity index (χ2n) is 1.59. The first-order chi connectivity index (χ1) is 4.74. The Bertz CT molecular complexity index is 243. The molecule has 0 radical (unpaired) electrons. The van der Waals surface area contributed by atoms with Crippen LogP contribution in [0.15, 0.2) is 10.7 Å². The highest BCUT2D eigenvalue weighted by Gasteiger charge is 2.00. The van der Waals surface area contributed by atoms with Gasteiger partial charge in [-0.25, -0.2) is 9.97 Å². The van der Waals surface area contributed by atoms with E-state index in [1.165, 1.54) is 6.20 Å². The third-order valence-corrected chi connectivity index (χ3v) is 1.78. The molecule has 0 saturated carbocycles.